The third-order valence-electron chi connectivity index (χ3n) is 2.68. The number of nitrogens with zero attached hydrogens (tertiary/aromatic N) is 3. The molecule has 0 aliphatic heterocycles. The fraction of sp³-hybridized carbons (Fsp3) is 0.333. The van der Waals surface area contributed by atoms with Gasteiger partial charge in [-0.05, 0) is 37.6 Å². The molecule has 0 spiro atoms. The summed E-state index contributed by atoms with van der Waals surface area (Å²) in [6.07, 6.45) is 0. The van der Waals surface area contributed by atoms with E-state index in [0.29, 0.717) is 6.54 Å². The maximum atomic E-state index is 4.11. The molecule has 1 aromatic heterocycles. The van der Waals surface area contributed by atoms with Crippen LogP contribution in [0, 0.1) is 13.8 Å². The summed E-state index contributed by atoms with van der Waals surface area (Å²) in [7, 11) is 1.97. The second-order valence-corrected chi connectivity index (χ2v) is 5.01. The first kappa shape index (κ1) is 12.1. The Morgan fingerprint density at radius 3 is 2.59 bits per heavy atom. The summed E-state index contributed by atoms with van der Waals surface area (Å²) in [4.78, 5) is 0. The zero-order valence-electron chi connectivity index (χ0n) is 10.2. The Morgan fingerprint density at radius 2 is 2.00 bits per heavy atom. The highest BCUT2D eigenvalue weighted by atomic mass is 79.9. The van der Waals surface area contributed by atoms with Crippen LogP contribution in [0.25, 0.3) is 0 Å². The van der Waals surface area contributed by atoms with Crippen LogP contribution in [0.3, 0.4) is 0 Å². The predicted octanol–water partition coefficient (Wildman–Crippen LogP) is 2.81. The second-order valence-electron chi connectivity index (χ2n) is 4.09. The molecule has 5 heteroatoms. The molecule has 4 nitrogen and oxygen atoms in total. The largest absolute Gasteiger partial charge is 0.378 e. The van der Waals surface area contributed by atoms with Crippen LogP contribution in [0.4, 0.5) is 5.69 Å². The molecule has 0 unspecified atom stereocenters. The van der Waals surface area contributed by atoms with Gasteiger partial charge in [0, 0.05) is 17.2 Å². The van der Waals surface area contributed by atoms with Crippen LogP contribution in [-0.4, -0.2) is 14.8 Å². The highest BCUT2D eigenvalue weighted by Gasteiger charge is 2.04. The Labute approximate surface area is 109 Å². The van der Waals surface area contributed by atoms with E-state index in [-0.39, 0.29) is 0 Å². The quantitative estimate of drug-likeness (QED) is 0.947. The molecule has 90 valence electrons. The molecule has 0 saturated carbocycles. The molecule has 0 radical (unpaired) electrons. The van der Waals surface area contributed by atoms with Crippen molar-refractivity contribution in [2.45, 2.75) is 20.4 Å². The molecule has 0 saturated heterocycles. The number of hydrogen-bond donors (Lipinski definition) is 1. The molecule has 1 heterocycles. The third kappa shape index (κ3) is 2.85. The van der Waals surface area contributed by atoms with E-state index in [1.165, 1.54) is 5.56 Å². The average Bonchev–Trinajstić information content (AvgIpc) is 2.56. The average molecular weight is 295 g/mol. The normalized spacial score (nSPS) is 10.6. The fourth-order valence-corrected chi connectivity index (χ4v) is 2.23. The van der Waals surface area contributed by atoms with Gasteiger partial charge >= 0.3 is 0 Å². The Hall–Kier alpha value is -1.36. The maximum absolute atomic E-state index is 4.11. The standard InChI is InChI=1S/C12H15BrN4/c1-8-4-10(13)6-11(5-8)14-7-12-16-15-9(2)17(12)3/h4-6,14H,7H2,1-3H3. The van der Waals surface area contributed by atoms with Gasteiger partial charge in [0.25, 0.3) is 0 Å². The first-order valence-electron chi connectivity index (χ1n) is 5.42. The van der Waals surface area contributed by atoms with Crippen molar-refractivity contribution in [2.24, 2.45) is 7.05 Å². The summed E-state index contributed by atoms with van der Waals surface area (Å²) < 4.78 is 3.06. The lowest BCUT2D eigenvalue weighted by Gasteiger charge is -2.07. The summed E-state index contributed by atoms with van der Waals surface area (Å²) in [5.41, 5.74) is 2.30. The monoisotopic (exact) mass is 294 g/mol. The Balaban J connectivity index is 2.09. The van der Waals surface area contributed by atoms with Gasteiger partial charge in [0.1, 0.15) is 5.82 Å². The van der Waals surface area contributed by atoms with E-state index in [2.05, 4.69) is 56.6 Å². The number of nitrogens with one attached hydrogen (secondary N) is 1. The van der Waals surface area contributed by atoms with Gasteiger partial charge in [0.05, 0.1) is 6.54 Å². The molecule has 0 atom stereocenters. The smallest absolute Gasteiger partial charge is 0.152 e. The van der Waals surface area contributed by atoms with Crippen LogP contribution in [0.15, 0.2) is 22.7 Å². The van der Waals surface area contributed by atoms with E-state index in [0.717, 1.165) is 21.8 Å². The molecular weight excluding hydrogens is 280 g/mol. The maximum Gasteiger partial charge on any atom is 0.152 e. The van der Waals surface area contributed by atoms with Gasteiger partial charge in [-0.15, -0.1) is 10.2 Å². The van der Waals surface area contributed by atoms with E-state index >= 15 is 0 Å². The van der Waals surface area contributed by atoms with Crippen molar-refractivity contribution in [3.63, 3.8) is 0 Å². The SMILES string of the molecule is Cc1cc(Br)cc(NCc2nnc(C)n2C)c1. The highest BCUT2D eigenvalue weighted by molar-refractivity contribution is 9.10. The number of halogens is 1. The van der Waals surface area contributed by atoms with Crippen LogP contribution >= 0.6 is 15.9 Å². The molecule has 0 aliphatic rings. The van der Waals surface area contributed by atoms with Crippen LogP contribution in [-0.2, 0) is 13.6 Å². The van der Waals surface area contributed by atoms with Crippen LogP contribution in [0.1, 0.15) is 17.2 Å². The van der Waals surface area contributed by atoms with Gasteiger partial charge in [-0.3, -0.25) is 0 Å². The minimum Gasteiger partial charge on any atom is -0.378 e. The molecule has 0 bridgehead atoms. The topological polar surface area (TPSA) is 42.7 Å². The molecule has 2 aromatic rings. The van der Waals surface area contributed by atoms with Crippen molar-refractivity contribution in [1.29, 1.82) is 0 Å². The number of hydrogen-bond acceptors (Lipinski definition) is 3. The minimum atomic E-state index is 0.674. The number of rotatable bonds is 3. The molecule has 0 fully saturated rings. The van der Waals surface area contributed by atoms with Crippen molar-refractivity contribution >= 4 is 21.6 Å². The lowest BCUT2D eigenvalue weighted by molar-refractivity contribution is 0.789. The molecule has 0 amide bonds. The van der Waals surface area contributed by atoms with Crippen molar-refractivity contribution in [1.82, 2.24) is 14.8 Å². The molecular formula is C12H15BrN4. The lowest BCUT2D eigenvalue weighted by atomic mass is 10.2. The Bertz CT molecular complexity index is 513. The van der Waals surface area contributed by atoms with E-state index in [1.54, 1.807) is 0 Å². The number of aromatic nitrogens is 3. The van der Waals surface area contributed by atoms with E-state index in [1.807, 2.05) is 18.5 Å². The van der Waals surface area contributed by atoms with Crippen molar-refractivity contribution in [3.05, 3.63) is 39.9 Å². The summed E-state index contributed by atoms with van der Waals surface area (Å²) in [6, 6.07) is 6.24. The fourth-order valence-electron chi connectivity index (χ4n) is 1.62. The van der Waals surface area contributed by atoms with Crippen molar-refractivity contribution in [2.75, 3.05) is 5.32 Å². The van der Waals surface area contributed by atoms with Gasteiger partial charge in [-0.2, -0.15) is 0 Å². The van der Waals surface area contributed by atoms with Gasteiger partial charge in [-0.25, -0.2) is 0 Å². The molecule has 0 aliphatic carbocycles. The zero-order valence-corrected chi connectivity index (χ0v) is 11.7. The second kappa shape index (κ2) is 4.87. The van der Waals surface area contributed by atoms with E-state index < -0.39 is 0 Å². The van der Waals surface area contributed by atoms with E-state index in [9.17, 15) is 0 Å². The molecule has 2 rings (SSSR count). The molecule has 1 aromatic carbocycles. The molecule has 17 heavy (non-hydrogen) atoms. The number of benzene rings is 1. The first-order chi connectivity index (χ1) is 8.06. The van der Waals surface area contributed by atoms with Crippen LogP contribution in [0.5, 0.6) is 0 Å². The number of aryl methyl sites for hydroxylation is 2. The first-order valence-corrected chi connectivity index (χ1v) is 6.21. The van der Waals surface area contributed by atoms with Crippen LogP contribution in [0.2, 0.25) is 0 Å². The predicted molar refractivity (Wildman–Crippen MR) is 71.9 cm³/mol. The van der Waals surface area contributed by atoms with Crippen LogP contribution < -0.4 is 5.32 Å². The lowest BCUT2D eigenvalue weighted by Crippen LogP contribution is -2.06. The summed E-state index contributed by atoms with van der Waals surface area (Å²) in [5, 5.41) is 11.5. The van der Waals surface area contributed by atoms with Crippen molar-refractivity contribution < 1.29 is 0 Å². The van der Waals surface area contributed by atoms with Gasteiger partial charge in [0.2, 0.25) is 0 Å². The summed E-state index contributed by atoms with van der Waals surface area (Å²) >= 11 is 3.48. The van der Waals surface area contributed by atoms with Crippen molar-refractivity contribution in [3.8, 4) is 0 Å². The highest BCUT2D eigenvalue weighted by Crippen LogP contribution is 2.19. The molecule has 1 N–H and O–H groups in total. The Kier molecular flexibility index (Phi) is 3.47. The van der Waals surface area contributed by atoms with Gasteiger partial charge < -0.3 is 9.88 Å². The minimum absolute atomic E-state index is 0.674. The summed E-state index contributed by atoms with van der Waals surface area (Å²) in [5.74, 6) is 1.85. The number of anilines is 1. The zero-order chi connectivity index (χ0) is 12.4. The summed E-state index contributed by atoms with van der Waals surface area (Å²) in [6.45, 7) is 4.69. The third-order valence-corrected chi connectivity index (χ3v) is 3.13. The van der Waals surface area contributed by atoms with Gasteiger partial charge in [0.15, 0.2) is 5.82 Å². The van der Waals surface area contributed by atoms with E-state index in [4.69, 9.17) is 0 Å². The van der Waals surface area contributed by atoms with Gasteiger partial charge in [-0.1, -0.05) is 15.9 Å². The Morgan fingerprint density at radius 1 is 1.24 bits per heavy atom.